The van der Waals surface area contributed by atoms with E-state index < -0.39 is 30.5 Å². The number of rotatable bonds is 3. The lowest BCUT2D eigenvalue weighted by Crippen LogP contribution is -2.59. The van der Waals surface area contributed by atoms with Crippen LogP contribution >= 0.6 is 0 Å². The van der Waals surface area contributed by atoms with Gasteiger partial charge in [-0.25, -0.2) is 4.79 Å². The summed E-state index contributed by atoms with van der Waals surface area (Å²) in [6.45, 7) is 8.16. The molecule has 25 heavy (non-hydrogen) atoms. The van der Waals surface area contributed by atoms with Crippen LogP contribution in [0.15, 0.2) is 12.2 Å². The van der Waals surface area contributed by atoms with Crippen molar-refractivity contribution in [3.63, 3.8) is 0 Å². The zero-order valence-electron chi connectivity index (χ0n) is 15.1. The zero-order valence-corrected chi connectivity index (χ0v) is 15.1. The van der Waals surface area contributed by atoms with Crippen LogP contribution in [0.2, 0.25) is 0 Å². The Kier molecular flexibility index (Phi) is 5.47. The van der Waals surface area contributed by atoms with Crippen molar-refractivity contribution in [2.75, 3.05) is 6.54 Å². The number of fused-ring (bicyclic) bond motifs is 1. The predicted octanol–water partition coefficient (Wildman–Crippen LogP) is 4.19. The fraction of sp³-hybridized carbons (Fsp3) is 0.833. The van der Waals surface area contributed by atoms with E-state index in [1.165, 1.54) is 0 Å². The molecule has 0 aromatic carbocycles. The number of alkyl halides is 3. The van der Waals surface area contributed by atoms with Crippen LogP contribution in [0, 0.1) is 17.3 Å². The van der Waals surface area contributed by atoms with Gasteiger partial charge in [0, 0.05) is 11.8 Å². The van der Waals surface area contributed by atoms with Crippen molar-refractivity contribution >= 4 is 6.09 Å². The Bertz CT molecular complexity index is 532. The van der Waals surface area contributed by atoms with Crippen LogP contribution in [-0.4, -0.2) is 35.6 Å². The number of aliphatic hydroxyl groups is 1. The first kappa shape index (κ1) is 20.1. The quantitative estimate of drug-likeness (QED) is 0.740. The van der Waals surface area contributed by atoms with Crippen LogP contribution in [0.5, 0.6) is 0 Å². The van der Waals surface area contributed by atoms with E-state index in [-0.39, 0.29) is 17.3 Å². The van der Waals surface area contributed by atoms with E-state index in [0.29, 0.717) is 6.42 Å². The Morgan fingerprint density at radius 1 is 1.32 bits per heavy atom. The second-order valence-electron chi connectivity index (χ2n) is 8.17. The molecule has 144 valence electrons. The number of nitrogens with one attached hydrogen (secondary N) is 1. The molecule has 5 atom stereocenters. The average Bonchev–Trinajstić information content (AvgIpc) is 2.42. The van der Waals surface area contributed by atoms with Crippen LogP contribution in [0.4, 0.5) is 18.0 Å². The summed E-state index contributed by atoms with van der Waals surface area (Å²) in [6.07, 6.45) is -2.29. The first-order valence-electron chi connectivity index (χ1n) is 8.75. The smallest absolute Gasteiger partial charge is 0.407 e. The lowest BCUT2D eigenvalue weighted by Gasteiger charge is -2.57. The minimum atomic E-state index is -4.50. The van der Waals surface area contributed by atoms with Gasteiger partial charge >= 0.3 is 12.3 Å². The van der Waals surface area contributed by atoms with Crippen molar-refractivity contribution < 1.29 is 27.8 Å². The summed E-state index contributed by atoms with van der Waals surface area (Å²) < 4.78 is 42.4. The molecule has 2 fully saturated rings. The molecule has 2 aliphatic rings. The second kappa shape index (κ2) is 6.82. The van der Waals surface area contributed by atoms with E-state index in [0.717, 1.165) is 31.3 Å². The summed E-state index contributed by atoms with van der Waals surface area (Å²) in [5, 5.41) is 12.7. The molecule has 0 radical (unpaired) electrons. The molecule has 1 amide bonds. The van der Waals surface area contributed by atoms with Gasteiger partial charge in [-0.15, -0.1) is 0 Å². The molecule has 2 aliphatic carbocycles. The minimum Gasteiger partial charge on any atom is -0.445 e. The van der Waals surface area contributed by atoms with Gasteiger partial charge in [0.1, 0.15) is 12.6 Å². The maximum Gasteiger partial charge on any atom is 0.407 e. The Morgan fingerprint density at radius 2 is 1.96 bits per heavy atom. The van der Waals surface area contributed by atoms with E-state index in [9.17, 15) is 23.1 Å². The molecule has 2 saturated carbocycles. The van der Waals surface area contributed by atoms with Crippen molar-refractivity contribution in [1.82, 2.24) is 5.32 Å². The van der Waals surface area contributed by atoms with Crippen molar-refractivity contribution in [3.8, 4) is 0 Å². The number of hydrogen-bond acceptors (Lipinski definition) is 3. The van der Waals surface area contributed by atoms with Gasteiger partial charge in [-0.1, -0.05) is 25.5 Å². The van der Waals surface area contributed by atoms with Gasteiger partial charge in [-0.05, 0) is 44.9 Å². The van der Waals surface area contributed by atoms with Crippen molar-refractivity contribution in [3.05, 3.63) is 12.2 Å². The number of carbonyl (C=O) groups excluding carboxylic acids is 1. The zero-order chi connectivity index (χ0) is 19.0. The highest BCUT2D eigenvalue weighted by Gasteiger charge is 2.57. The molecule has 0 aliphatic heterocycles. The maximum atomic E-state index is 12.3. The van der Waals surface area contributed by atoms with Crippen molar-refractivity contribution in [1.29, 1.82) is 0 Å². The lowest BCUT2D eigenvalue weighted by molar-refractivity contribution is -0.175. The highest BCUT2D eigenvalue weighted by molar-refractivity contribution is 5.67. The minimum absolute atomic E-state index is 0.167. The van der Waals surface area contributed by atoms with Crippen LogP contribution in [0.1, 0.15) is 52.9 Å². The van der Waals surface area contributed by atoms with Gasteiger partial charge < -0.3 is 15.2 Å². The van der Waals surface area contributed by atoms with E-state index in [2.05, 4.69) is 13.5 Å². The van der Waals surface area contributed by atoms with Gasteiger partial charge in [0.2, 0.25) is 0 Å². The normalized spacial score (nSPS) is 38.6. The molecular weight excluding hydrogens is 335 g/mol. The average molecular weight is 363 g/mol. The maximum absolute atomic E-state index is 12.3. The molecule has 4 nitrogen and oxygen atoms in total. The fourth-order valence-electron chi connectivity index (χ4n) is 4.84. The van der Waals surface area contributed by atoms with E-state index in [1.54, 1.807) is 12.2 Å². The van der Waals surface area contributed by atoms with E-state index >= 15 is 0 Å². The number of halogens is 3. The van der Waals surface area contributed by atoms with E-state index in [1.807, 2.05) is 6.92 Å². The van der Waals surface area contributed by atoms with E-state index in [4.69, 9.17) is 4.74 Å². The Hall–Kier alpha value is -1.24. The molecule has 0 bridgehead atoms. The first-order valence-corrected chi connectivity index (χ1v) is 8.75. The molecule has 2 N–H and O–H groups in total. The topological polar surface area (TPSA) is 58.6 Å². The summed E-state index contributed by atoms with van der Waals surface area (Å²) in [5.74, 6) is -0.500. The van der Waals surface area contributed by atoms with Crippen LogP contribution in [0.25, 0.3) is 0 Å². The number of hydrogen-bond donors (Lipinski definition) is 2. The molecule has 0 heterocycles. The van der Waals surface area contributed by atoms with Crippen molar-refractivity contribution in [2.45, 2.75) is 70.8 Å². The molecular formula is C18H28F3NO3. The molecule has 2 rings (SSSR count). The first-order chi connectivity index (χ1) is 11.4. The molecule has 0 aromatic heterocycles. The fourth-order valence-corrected chi connectivity index (χ4v) is 4.84. The monoisotopic (exact) mass is 363 g/mol. The Labute approximate surface area is 146 Å². The Balaban J connectivity index is 2.24. The SMILES string of the molecule is C=C(C)C1CCC2(C)CCCC(C)(O)C2C1OC(=O)NCC(F)(F)F. The third kappa shape index (κ3) is 4.49. The standard InChI is InChI=1S/C18H28F3NO3/c1-11(2)12-6-9-16(3)7-5-8-17(4,24)14(16)13(12)25-15(23)22-10-18(19,20)21/h12-14,24H,1,5-10H2,2-4H3,(H,22,23). The van der Waals surface area contributed by atoms with Crippen molar-refractivity contribution in [2.24, 2.45) is 17.3 Å². The summed E-state index contributed by atoms with van der Waals surface area (Å²) in [6, 6.07) is 0. The van der Waals surface area contributed by atoms with Crippen LogP contribution in [0.3, 0.4) is 0 Å². The molecule has 5 unspecified atom stereocenters. The van der Waals surface area contributed by atoms with Crippen LogP contribution in [-0.2, 0) is 4.74 Å². The number of alkyl carbamates (subject to hydrolysis) is 1. The summed E-state index contributed by atoms with van der Waals surface area (Å²) in [4.78, 5) is 12.0. The van der Waals surface area contributed by atoms with Crippen LogP contribution < -0.4 is 5.32 Å². The highest BCUT2D eigenvalue weighted by Crippen LogP contribution is 2.57. The third-order valence-corrected chi connectivity index (χ3v) is 5.91. The van der Waals surface area contributed by atoms with Gasteiger partial charge in [-0.3, -0.25) is 0 Å². The number of amides is 1. The van der Waals surface area contributed by atoms with Gasteiger partial charge in [0.15, 0.2) is 0 Å². The summed E-state index contributed by atoms with van der Waals surface area (Å²) in [5.41, 5.74) is -0.421. The molecule has 0 aromatic rings. The highest BCUT2D eigenvalue weighted by atomic mass is 19.4. The summed E-state index contributed by atoms with van der Waals surface area (Å²) >= 11 is 0. The molecule has 0 saturated heterocycles. The third-order valence-electron chi connectivity index (χ3n) is 5.91. The molecule has 7 heteroatoms. The Morgan fingerprint density at radius 3 is 2.52 bits per heavy atom. The van der Waals surface area contributed by atoms with Gasteiger partial charge in [0.25, 0.3) is 0 Å². The largest absolute Gasteiger partial charge is 0.445 e. The number of ether oxygens (including phenoxy) is 1. The second-order valence-corrected chi connectivity index (χ2v) is 8.17. The summed E-state index contributed by atoms with van der Waals surface area (Å²) in [7, 11) is 0. The number of carbonyl (C=O) groups is 1. The lowest BCUT2D eigenvalue weighted by atomic mass is 9.52. The van der Waals surface area contributed by atoms with Gasteiger partial charge in [0.05, 0.1) is 5.60 Å². The molecule has 0 spiro atoms. The predicted molar refractivity (Wildman–Crippen MR) is 87.9 cm³/mol. The van der Waals surface area contributed by atoms with Gasteiger partial charge in [-0.2, -0.15) is 13.2 Å².